The van der Waals surface area contributed by atoms with Crippen LogP contribution in [0.15, 0.2) is 36.4 Å². The van der Waals surface area contributed by atoms with Gasteiger partial charge in [0.25, 0.3) is 0 Å². The SMILES string of the molecule is Cc1ccc(C(O)c2cc(Cl)ccc2I)c(C)c1. The van der Waals surface area contributed by atoms with Crippen LogP contribution in [0.2, 0.25) is 5.02 Å². The molecule has 0 aromatic heterocycles. The molecule has 0 saturated heterocycles. The number of aliphatic hydroxyl groups excluding tert-OH is 1. The molecule has 1 unspecified atom stereocenters. The van der Waals surface area contributed by atoms with Crippen LogP contribution in [0, 0.1) is 17.4 Å². The van der Waals surface area contributed by atoms with Gasteiger partial charge in [-0.05, 0) is 71.3 Å². The van der Waals surface area contributed by atoms with E-state index in [0.717, 1.165) is 20.3 Å². The summed E-state index contributed by atoms with van der Waals surface area (Å²) in [4.78, 5) is 0. The molecule has 0 radical (unpaired) electrons. The van der Waals surface area contributed by atoms with Crippen molar-refractivity contribution in [3.05, 3.63) is 67.2 Å². The first-order valence-electron chi connectivity index (χ1n) is 5.69. The molecule has 0 bridgehead atoms. The Kier molecular flexibility index (Phi) is 4.30. The lowest BCUT2D eigenvalue weighted by Crippen LogP contribution is -2.04. The van der Waals surface area contributed by atoms with Crippen LogP contribution in [-0.2, 0) is 0 Å². The van der Waals surface area contributed by atoms with Crippen molar-refractivity contribution in [2.45, 2.75) is 20.0 Å². The molecule has 2 aromatic carbocycles. The van der Waals surface area contributed by atoms with Gasteiger partial charge in [0.1, 0.15) is 6.10 Å². The largest absolute Gasteiger partial charge is 0.384 e. The van der Waals surface area contributed by atoms with Gasteiger partial charge < -0.3 is 5.11 Å². The van der Waals surface area contributed by atoms with Crippen molar-refractivity contribution in [3.63, 3.8) is 0 Å². The lowest BCUT2D eigenvalue weighted by molar-refractivity contribution is 0.218. The maximum atomic E-state index is 10.5. The Morgan fingerprint density at radius 2 is 1.78 bits per heavy atom. The minimum Gasteiger partial charge on any atom is -0.384 e. The predicted octanol–water partition coefficient (Wildman–Crippen LogP) is 4.64. The summed E-state index contributed by atoms with van der Waals surface area (Å²) < 4.78 is 1.02. The van der Waals surface area contributed by atoms with Crippen molar-refractivity contribution in [1.29, 1.82) is 0 Å². The Hall–Kier alpha value is -0.580. The fraction of sp³-hybridized carbons (Fsp3) is 0.200. The van der Waals surface area contributed by atoms with E-state index in [-0.39, 0.29) is 0 Å². The minimum atomic E-state index is -0.629. The summed E-state index contributed by atoms with van der Waals surface area (Å²) in [5, 5.41) is 11.2. The highest BCUT2D eigenvalue weighted by Crippen LogP contribution is 2.30. The Labute approximate surface area is 126 Å². The summed E-state index contributed by atoms with van der Waals surface area (Å²) >= 11 is 8.22. The second kappa shape index (κ2) is 5.59. The molecule has 0 aliphatic heterocycles. The molecule has 0 saturated carbocycles. The first-order valence-corrected chi connectivity index (χ1v) is 7.15. The van der Waals surface area contributed by atoms with Crippen LogP contribution in [0.25, 0.3) is 0 Å². The van der Waals surface area contributed by atoms with E-state index in [1.807, 2.05) is 44.2 Å². The van der Waals surface area contributed by atoms with Gasteiger partial charge in [0.05, 0.1) is 0 Å². The van der Waals surface area contributed by atoms with Gasteiger partial charge in [0, 0.05) is 8.59 Å². The average Bonchev–Trinajstić information content (AvgIpc) is 2.31. The normalized spacial score (nSPS) is 12.5. The van der Waals surface area contributed by atoms with E-state index < -0.39 is 6.10 Å². The number of aliphatic hydroxyl groups is 1. The van der Waals surface area contributed by atoms with Crippen molar-refractivity contribution in [2.75, 3.05) is 0 Å². The van der Waals surface area contributed by atoms with Gasteiger partial charge in [-0.1, -0.05) is 35.4 Å². The van der Waals surface area contributed by atoms with Crippen LogP contribution < -0.4 is 0 Å². The summed E-state index contributed by atoms with van der Waals surface area (Å²) in [6.07, 6.45) is -0.629. The fourth-order valence-corrected chi connectivity index (χ4v) is 2.84. The molecule has 0 aliphatic rings. The number of hydrogen-bond donors (Lipinski definition) is 1. The number of benzene rings is 2. The lowest BCUT2D eigenvalue weighted by atomic mass is 9.96. The molecule has 0 fully saturated rings. The summed E-state index contributed by atoms with van der Waals surface area (Å²) in [7, 11) is 0. The molecular formula is C15H14ClIO. The Morgan fingerprint density at radius 3 is 2.44 bits per heavy atom. The topological polar surface area (TPSA) is 20.2 Å². The molecule has 1 nitrogen and oxygen atoms in total. The standard InChI is InChI=1S/C15H14ClIO/c1-9-3-5-12(10(2)7-9)15(18)13-8-11(16)4-6-14(13)17/h3-8,15,18H,1-2H3. The molecule has 0 spiro atoms. The number of halogens is 2. The van der Waals surface area contributed by atoms with E-state index in [0.29, 0.717) is 5.02 Å². The second-order valence-corrected chi connectivity index (χ2v) is 6.03. The van der Waals surface area contributed by atoms with Crippen LogP contribution in [0.4, 0.5) is 0 Å². The van der Waals surface area contributed by atoms with E-state index >= 15 is 0 Å². The van der Waals surface area contributed by atoms with Gasteiger partial charge in [-0.15, -0.1) is 0 Å². The molecule has 2 aromatic rings. The number of hydrogen-bond acceptors (Lipinski definition) is 1. The summed E-state index contributed by atoms with van der Waals surface area (Å²) in [6.45, 7) is 4.06. The highest BCUT2D eigenvalue weighted by molar-refractivity contribution is 14.1. The smallest absolute Gasteiger partial charge is 0.105 e. The Balaban J connectivity index is 2.47. The molecule has 1 atom stereocenters. The van der Waals surface area contributed by atoms with Crippen LogP contribution in [0.3, 0.4) is 0 Å². The van der Waals surface area contributed by atoms with Crippen molar-refractivity contribution in [3.8, 4) is 0 Å². The van der Waals surface area contributed by atoms with E-state index in [1.165, 1.54) is 5.56 Å². The molecule has 3 heteroatoms. The number of rotatable bonds is 2. The quantitative estimate of drug-likeness (QED) is 0.761. The highest BCUT2D eigenvalue weighted by Gasteiger charge is 2.16. The van der Waals surface area contributed by atoms with Gasteiger partial charge in [0.15, 0.2) is 0 Å². The third-order valence-electron chi connectivity index (χ3n) is 2.97. The zero-order valence-electron chi connectivity index (χ0n) is 10.2. The van der Waals surface area contributed by atoms with E-state index in [4.69, 9.17) is 11.6 Å². The molecular weight excluding hydrogens is 359 g/mol. The van der Waals surface area contributed by atoms with E-state index in [2.05, 4.69) is 28.7 Å². The van der Waals surface area contributed by atoms with E-state index in [1.54, 1.807) is 0 Å². The maximum Gasteiger partial charge on any atom is 0.105 e. The fourth-order valence-electron chi connectivity index (χ4n) is 2.02. The molecule has 1 N–H and O–H groups in total. The van der Waals surface area contributed by atoms with Crippen molar-refractivity contribution >= 4 is 34.2 Å². The third kappa shape index (κ3) is 2.87. The number of aryl methyl sites for hydroxylation is 2. The summed E-state index contributed by atoms with van der Waals surface area (Å²) in [6, 6.07) is 11.7. The van der Waals surface area contributed by atoms with Crippen LogP contribution in [0.1, 0.15) is 28.4 Å². The van der Waals surface area contributed by atoms with Crippen LogP contribution in [0.5, 0.6) is 0 Å². The minimum absolute atomic E-state index is 0.629. The monoisotopic (exact) mass is 372 g/mol. The van der Waals surface area contributed by atoms with Gasteiger partial charge >= 0.3 is 0 Å². The summed E-state index contributed by atoms with van der Waals surface area (Å²) in [5.74, 6) is 0. The van der Waals surface area contributed by atoms with Crippen LogP contribution in [-0.4, -0.2) is 5.11 Å². The Bertz CT molecular complexity index is 581. The second-order valence-electron chi connectivity index (χ2n) is 4.43. The Morgan fingerprint density at radius 1 is 1.06 bits per heavy atom. The first kappa shape index (κ1) is 13.8. The van der Waals surface area contributed by atoms with Gasteiger partial charge in [0.2, 0.25) is 0 Å². The van der Waals surface area contributed by atoms with Gasteiger partial charge in [-0.2, -0.15) is 0 Å². The average molecular weight is 373 g/mol. The molecule has 94 valence electrons. The van der Waals surface area contributed by atoms with E-state index in [9.17, 15) is 5.11 Å². The predicted molar refractivity (Wildman–Crippen MR) is 84.1 cm³/mol. The zero-order valence-corrected chi connectivity index (χ0v) is 13.2. The van der Waals surface area contributed by atoms with Gasteiger partial charge in [-0.25, -0.2) is 0 Å². The molecule has 0 amide bonds. The first-order chi connectivity index (χ1) is 8.49. The molecule has 18 heavy (non-hydrogen) atoms. The van der Waals surface area contributed by atoms with Crippen LogP contribution >= 0.6 is 34.2 Å². The lowest BCUT2D eigenvalue weighted by Gasteiger charge is -2.16. The molecule has 0 heterocycles. The summed E-state index contributed by atoms with van der Waals surface area (Å²) in [5.41, 5.74) is 4.08. The highest BCUT2D eigenvalue weighted by atomic mass is 127. The van der Waals surface area contributed by atoms with Crippen molar-refractivity contribution in [1.82, 2.24) is 0 Å². The zero-order chi connectivity index (χ0) is 13.3. The maximum absolute atomic E-state index is 10.5. The molecule has 0 aliphatic carbocycles. The third-order valence-corrected chi connectivity index (χ3v) is 4.19. The van der Waals surface area contributed by atoms with Crippen molar-refractivity contribution in [2.24, 2.45) is 0 Å². The van der Waals surface area contributed by atoms with Crippen molar-refractivity contribution < 1.29 is 5.11 Å². The molecule has 2 rings (SSSR count). The van der Waals surface area contributed by atoms with Gasteiger partial charge in [-0.3, -0.25) is 0 Å².